The molecule has 22 heavy (non-hydrogen) atoms. The average molecular weight is 298 g/mol. The highest BCUT2D eigenvalue weighted by molar-refractivity contribution is 5.81. The van der Waals surface area contributed by atoms with Gasteiger partial charge in [0.15, 0.2) is 0 Å². The van der Waals surface area contributed by atoms with Gasteiger partial charge in [-0.2, -0.15) is 0 Å². The lowest BCUT2D eigenvalue weighted by atomic mass is 10.0. The third-order valence-electron chi connectivity index (χ3n) is 3.69. The summed E-state index contributed by atoms with van der Waals surface area (Å²) in [5.41, 5.74) is 8.56. The van der Waals surface area contributed by atoms with Gasteiger partial charge in [-0.25, -0.2) is 0 Å². The Bertz CT molecular complexity index is 641. The Morgan fingerprint density at radius 2 is 1.86 bits per heavy atom. The van der Waals surface area contributed by atoms with Gasteiger partial charge >= 0.3 is 0 Å². The van der Waals surface area contributed by atoms with Crippen LogP contribution in [-0.4, -0.2) is 13.0 Å². The number of nitrogens with one attached hydrogen (secondary N) is 1. The lowest BCUT2D eigenvalue weighted by molar-refractivity contribution is -0.120. The average Bonchev–Trinajstić information content (AvgIpc) is 2.52. The van der Waals surface area contributed by atoms with E-state index in [4.69, 9.17) is 10.5 Å². The van der Waals surface area contributed by atoms with Gasteiger partial charge in [0.1, 0.15) is 11.8 Å². The molecule has 3 N–H and O–H groups in total. The molecule has 0 bridgehead atoms. The summed E-state index contributed by atoms with van der Waals surface area (Å²) in [6, 6.07) is 14.9. The Morgan fingerprint density at radius 3 is 2.45 bits per heavy atom. The highest BCUT2D eigenvalue weighted by Gasteiger charge is 2.22. The molecule has 116 valence electrons. The second kappa shape index (κ2) is 7.09. The van der Waals surface area contributed by atoms with E-state index in [0.29, 0.717) is 0 Å². The fourth-order valence-corrected chi connectivity index (χ4v) is 2.52. The number of ether oxygens (including phenoxy) is 1. The van der Waals surface area contributed by atoms with Crippen LogP contribution in [0.25, 0.3) is 0 Å². The van der Waals surface area contributed by atoms with E-state index in [0.717, 1.165) is 22.4 Å². The van der Waals surface area contributed by atoms with Crippen molar-refractivity contribution in [1.29, 1.82) is 0 Å². The van der Waals surface area contributed by atoms with Gasteiger partial charge in [0.2, 0.25) is 5.91 Å². The van der Waals surface area contributed by atoms with E-state index >= 15 is 0 Å². The van der Waals surface area contributed by atoms with Crippen LogP contribution >= 0.6 is 0 Å². The van der Waals surface area contributed by atoms with Crippen molar-refractivity contribution in [3.63, 3.8) is 0 Å². The Kier molecular flexibility index (Phi) is 5.17. The largest absolute Gasteiger partial charge is 0.496 e. The molecular weight excluding hydrogens is 276 g/mol. The van der Waals surface area contributed by atoms with Crippen LogP contribution in [-0.2, 0) is 4.79 Å². The minimum absolute atomic E-state index is 0.0763. The summed E-state index contributed by atoms with van der Waals surface area (Å²) >= 11 is 0. The summed E-state index contributed by atoms with van der Waals surface area (Å²) in [6.45, 7) is 4.02. The van der Waals surface area contributed by atoms with Crippen LogP contribution in [0.1, 0.15) is 35.7 Å². The van der Waals surface area contributed by atoms with Crippen LogP contribution in [0.4, 0.5) is 0 Å². The van der Waals surface area contributed by atoms with Gasteiger partial charge in [-0.1, -0.05) is 48.0 Å². The Hall–Kier alpha value is -2.33. The van der Waals surface area contributed by atoms with Gasteiger partial charge in [-0.3, -0.25) is 10.1 Å². The molecule has 4 nitrogen and oxygen atoms in total. The van der Waals surface area contributed by atoms with E-state index in [2.05, 4.69) is 11.4 Å². The predicted octanol–water partition coefficient (Wildman–Crippen LogP) is 2.88. The molecule has 4 heteroatoms. The van der Waals surface area contributed by atoms with Crippen LogP contribution in [0.3, 0.4) is 0 Å². The summed E-state index contributed by atoms with van der Waals surface area (Å²) in [5.74, 6) is 0.395. The van der Waals surface area contributed by atoms with Crippen molar-refractivity contribution in [3.05, 3.63) is 65.2 Å². The van der Waals surface area contributed by atoms with Gasteiger partial charge in [-0.05, 0) is 25.5 Å². The molecule has 2 aromatic carbocycles. The molecule has 0 aliphatic heterocycles. The number of amides is 1. The number of benzene rings is 2. The summed E-state index contributed by atoms with van der Waals surface area (Å²) < 4.78 is 5.41. The minimum atomic E-state index is -0.540. The van der Waals surface area contributed by atoms with Crippen molar-refractivity contribution in [2.75, 3.05) is 7.11 Å². The van der Waals surface area contributed by atoms with Crippen molar-refractivity contribution in [3.8, 4) is 5.75 Å². The lowest BCUT2D eigenvalue weighted by Gasteiger charge is -2.23. The van der Waals surface area contributed by atoms with Crippen molar-refractivity contribution >= 4 is 5.91 Å². The van der Waals surface area contributed by atoms with Crippen molar-refractivity contribution in [1.82, 2.24) is 5.32 Å². The topological polar surface area (TPSA) is 64.3 Å². The first-order chi connectivity index (χ1) is 10.5. The summed E-state index contributed by atoms with van der Waals surface area (Å²) in [6.07, 6.45) is 0. The second-order valence-corrected chi connectivity index (χ2v) is 5.38. The first kappa shape index (κ1) is 16.0. The SMILES string of the molecule is COc1ccc(C)cc1C(C)NC(C(N)=O)c1ccccc1. The maximum Gasteiger partial charge on any atom is 0.239 e. The molecule has 2 aromatic rings. The molecule has 0 aliphatic rings. The van der Waals surface area contributed by atoms with Crippen LogP contribution < -0.4 is 15.8 Å². The van der Waals surface area contributed by atoms with Crippen LogP contribution in [0, 0.1) is 6.92 Å². The number of carbonyl (C=O) groups is 1. The van der Waals surface area contributed by atoms with E-state index in [-0.39, 0.29) is 6.04 Å². The highest BCUT2D eigenvalue weighted by atomic mass is 16.5. The van der Waals surface area contributed by atoms with Gasteiger partial charge in [0, 0.05) is 11.6 Å². The van der Waals surface area contributed by atoms with Gasteiger partial charge in [-0.15, -0.1) is 0 Å². The fraction of sp³-hybridized carbons (Fsp3) is 0.278. The minimum Gasteiger partial charge on any atom is -0.496 e. The summed E-state index contributed by atoms with van der Waals surface area (Å²) in [4.78, 5) is 11.8. The number of hydrogen-bond acceptors (Lipinski definition) is 3. The van der Waals surface area contributed by atoms with E-state index in [1.807, 2.05) is 56.3 Å². The number of aryl methyl sites for hydroxylation is 1. The van der Waals surface area contributed by atoms with Gasteiger partial charge < -0.3 is 10.5 Å². The first-order valence-corrected chi connectivity index (χ1v) is 7.27. The first-order valence-electron chi connectivity index (χ1n) is 7.27. The zero-order valence-corrected chi connectivity index (χ0v) is 13.2. The number of nitrogens with two attached hydrogens (primary N) is 1. The molecule has 1 amide bonds. The summed E-state index contributed by atoms with van der Waals surface area (Å²) in [5, 5.41) is 3.30. The van der Waals surface area contributed by atoms with Crippen molar-refractivity contribution < 1.29 is 9.53 Å². The van der Waals surface area contributed by atoms with E-state index in [9.17, 15) is 4.79 Å². The number of hydrogen-bond donors (Lipinski definition) is 2. The third-order valence-corrected chi connectivity index (χ3v) is 3.69. The maximum absolute atomic E-state index is 11.8. The second-order valence-electron chi connectivity index (χ2n) is 5.38. The summed E-state index contributed by atoms with van der Waals surface area (Å²) in [7, 11) is 1.64. The maximum atomic E-state index is 11.8. The molecule has 0 heterocycles. The molecule has 0 fully saturated rings. The molecule has 0 radical (unpaired) electrons. The number of rotatable bonds is 6. The zero-order valence-electron chi connectivity index (χ0n) is 13.2. The molecule has 2 unspecified atom stereocenters. The van der Waals surface area contributed by atoms with Crippen molar-refractivity contribution in [2.24, 2.45) is 5.73 Å². The smallest absolute Gasteiger partial charge is 0.239 e. The van der Waals surface area contributed by atoms with E-state index < -0.39 is 11.9 Å². The molecule has 0 aromatic heterocycles. The van der Waals surface area contributed by atoms with Gasteiger partial charge in [0.25, 0.3) is 0 Å². The van der Waals surface area contributed by atoms with E-state index in [1.54, 1.807) is 7.11 Å². The monoisotopic (exact) mass is 298 g/mol. The third kappa shape index (κ3) is 3.65. The lowest BCUT2D eigenvalue weighted by Crippen LogP contribution is -2.35. The molecule has 2 rings (SSSR count). The quantitative estimate of drug-likeness (QED) is 0.862. The van der Waals surface area contributed by atoms with E-state index in [1.165, 1.54) is 0 Å². The zero-order chi connectivity index (χ0) is 16.1. The van der Waals surface area contributed by atoms with Gasteiger partial charge in [0.05, 0.1) is 7.11 Å². The molecule has 2 atom stereocenters. The number of primary amides is 1. The Morgan fingerprint density at radius 1 is 1.18 bits per heavy atom. The normalized spacial score (nSPS) is 13.4. The standard InChI is InChI=1S/C18H22N2O2/c1-12-9-10-16(22-3)15(11-12)13(2)20-17(18(19)21)14-7-5-4-6-8-14/h4-11,13,17,20H,1-3H3,(H2,19,21). The molecule has 0 saturated carbocycles. The highest BCUT2D eigenvalue weighted by Crippen LogP contribution is 2.28. The van der Waals surface area contributed by atoms with Crippen LogP contribution in [0.5, 0.6) is 5.75 Å². The Labute approximate surface area is 131 Å². The number of methoxy groups -OCH3 is 1. The Balaban J connectivity index is 2.27. The van der Waals surface area contributed by atoms with Crippen LogP contribution in [0.15, 0.2) is 48.5 Å². The molecule has 0 spiro atoms. The van der Waals surface area contributed by atoms with Crippen molar-refractivity contribution in [2.45, 2.75) is 25.9 Å². The predicted molar refractivity (Wildman–Crippen MR) is 87.7 cm³/mol. The molecule has 0 saturated heterocycles. The number of carbonyl (C=O) groups excluding carboxylic acids is 1. The molecular formula is C18H22N2O2. The van der Waals surface area contributed by atoms with Crippen LogP contribution in [0.2, 0.25) is 0 Å². The fourth-order valence-electron chi connectivity index (χ4n) is 2.52. The molecule has 0 aliphatic carbocycles.